The molecule has 0 bridgehead atoms. The van der Waals surface area contributed by atoms with Gasteiger partial charge in [0.15, 0.2) is 0 Å². The number of nitrogens with one attached hydrogen (secondary N) is 1. The number of nitrogens with zero attached hydrogens (tertiary/aromatic N) is 1. The van der Waals surface area contributed by atoms with Crippen molar-refractivity contribution in [3.63, 3.8) is 0 Å². The van der Waals surface area contributed by atoms with E-state index in [2.05, 4.69) is 17.1 Å². The van der Waals surface area contributed by atoms with Crippen LogP contribution in [0.3, 0.4) is 0 Å². The summed E-state index contributed by atoms with van der Waals surface area (Å²) in [7, 11) is 0. The quantitative estimate of drug-likeness (QED) is 0.830. The average Bonchev–Trinajstić information content (AvgIpc) is 2.45. The van der Waals surface area contributed by atoms with Crippen LogP contribution in [0.1, 0.15) is 25.3 Å². The monoisotopic (exact) mass is 318 g/mol. The van der Waals surface area contributed by atoms with Gasteiger partial charge in [0.1, 0.15) is 0 Å². The highest BCUT2D eigenvalue weighted by Crippen LogP contribution is 2.36. The summed E-state index contributed by atoms with van der Waals surface area (Å²) >= 11 is -0.0682. The van der Waals surface area contributed by atoms with Crippen LogP contribution in [0.4, 0.5) is 13.2 Å². The molecule has 0 amide bonds. The Labute approximate surface area is 128 Å². The van der Waals surface area contributed by atoms with Crippen LogP contribution in [0.2, 0.25) is 0 Å². The number of alkyl halides is 3. The predicted molar refractivity (Wildman–Crippen MR) is 80.3 cm³/mol. The highest BCUT2D eigenvalue weighted by atomic mass is 32.2. The first-order chi connectivity index (χ1) is 9.96. The first kappa shape index (κ1) is 16.6. The van der Waals surface area contributed by atoms with Crippen LogP contribution in [-0.4, -0.2) is 36.1 Å². The number of hydrogen-bond acceptors (Lipinski definition) is 3. The molecule has 0 spiro atoms. The molecule has 1 atom stereocenters. The van der Waals surface area contributed by atoms with E-state index in [1.807, 2.05) is 0 Å². The third kappa shape index (κ3) is 5.88. The first-order valence-electron chi connectivity index (χ1n) is 7.26. The van der Waals surface area contributed by atoms with Gasteiger partial charge < -0.3 is 10.2 Å². The summed E-state index contributed by atoms with van der Waals surface area (Å²) in [5.41, 5.74) is -3.19. The molecule has 1 unspecified atom stereocenters. The molecule has 21 heavy (non-hydrogen) atoms. The molecular weight excluding hydrogens is 297 g/mol. The normalized spacial score (nSPS) is 20.7. The minimum atomic E-state index is -4.22. The van der Waals surface area contributed by atoms with Crippen molar-refractivity contribution >= 4 is 11.8 Å². The SMILES string of the molecule is CCN1CCCC(NCc2ccc(SC(F)(F)F)cc2)C1. The maximum Gasteiger partial charge on any atom is 0.446 e. The highest BCUT2D eigenvalue weighted by Gasteiger charge is 2.29. The standard InChI is InChI=1S/C15H21F3N2S/c1-2-20-9-3-4-13(11-20)19-10-12-5-7-14(8-6-12)21-15(16,17)18/h5-8,13,19H,2-4,9-11H2,1H3. The summed E-state index contributed by atoms with van der Waals surface area (Å²) in [4.78, 5) is 2.66. The van der Waals surface area contributed by atoms with Crippen molar-refractivity contribution in [2.24, 2.45) is 0 Å². The van der Waals surface area contributed by atoms with Gasteiger partial charge in [-0.15, -0.1) is 0 Å². The number of likely N-dealkylation sites (N-methyl/N-ethyl adjacent to an activating group) is 1. The Hall–Kier alpha value is -0.720. The lowest BCUT2D eigenvalue weighted by atomic mass is 10.1. The minimum absolute atomic E-state index is 0.0682. The number of likely N-dealkylation sites (tertiary alicyclic amines) is 1. The number of piperidine rings is 1. The van der Waals surface area contributed by atoms with E-state index in [1.54, 1.807) is 12.1 Å². The Morgan fingerprint density at radius 1 is 1.29 bits per heavy atom. The van der Waals surface area contributed by atoms with E-state index in [9.17, 15) is 13.2 Å². The smallest absolute Gasteiger partial charge is 0.309 e. The van der Waals surface area contributed by atoms with Crippen molar-refractivity contribution in [2.75, 3.05) is 19.6 Å². The zero-order chi connectivity index (χ0) is 15.3. The van der Waals surface area contributed by atoms with Crippen LogP contribution in [0.15, 0.2) is 29.2 Å². The van der Waals surface area contributed by atoms with Gasteiger partial charge in [0.25, 0.3) is 0 Å². The molecule has 1 aromatic carbocycles. The Bertz CT molecular complexity index is 434. The van der Waals surface area contributed by atoms with Crippen LogP contribution in [0.5, 0.6) is 0 Å². The van der Waals surface area contributed by atoms with Gasteiger partial charge in [0.2, 0.25) is 0 Å². The van der Waals surface area contributed by atoms with E-state index < -0.39 is 5.51 Å². The van der Waals surface area contributed by atoms with Gasteiger partial charge in [-0.05, 0) is 55.4 Å². The van der Waals surface area contributed by atoms with Crippen molar-refractivity contribution in [1.29, 1.82) is 0 Å². The Kier molecular flexibility index (Phi) is 5.96. The van der Waals surface area contributed by atoms with E-state index >= 15 is 0 Å². The van der Waals surface area contributed by atoms with E-state index in [0.717, 1.165) is 25.2 Å². The lowest BCUT2D eigenvalue weighted by Gasteiger charge is -2.32. The largest absolute Gasteiger partial charge is 0.446 e. The molecule has 0 aliphatic carbocycles. The second kappa shape index (κ2) is 7.51. The number of hydrogen-bond donors (Lipinski definition) is 1. The van der Waals surface area contributed by atoms with E-state index in [4.69, 9.17) is 0 Å². The van der Waals surface area contributed by atoms with Crippen LogP contribution in [0, 0.1) is 0 Å². The molecule has 1 aliphatic heterocycles. The summed E-state index contributed by atoms with van der Waals surface area (Å²) in [5.74, 6) is 0. The Morgan fingerprint density at radius 2 is 2.00 bits per heavy atom. The third-order valence-corrected chi connectivity index (χ3v) is 4.44. The topological polar surface area (TPSA) is 15.3 Å². The summed E-state index contributed by atoms with van der Waals surface area (Å²) in [6, 6.07) is 7.08. The second-order valence-corrected chi connectivity index (χ2v) is 6.44. The van der Waals surface area contributed by atoms with E-state index in [-0.39, 0.29) is 16.7 Å². The lowest BCUT2D eigenvalue weighted by molar-refractivity contribution is -0.0328. The predicted octanol–water partition coefficient (Wildman–Crippen LogP) is 3.87. The zero-order valence-corrected chi connectivity index (χ0v) is 12.9. The van der Waals surface area contributed by atoms with Gasteiger partial charge in [-0.2, -0.15) is 13.2 Å². The van der Waals surface area contributed by atoms with Crippen LogP contribution in [0.25, 0.3) is 0 Å². The Morgan fingerprint density at radius 3 is 2.62 bits per heavy atom. The second-order valence-electron chi connectivity index (χ2n) is 5.31. The fourth-order valence-electron chi connectivity index (χ4n) is 2.58. The number of benzene rings is 1. The number of thioether (sulfide) groups is 1. The molecule has 1 fully saturated rings. The van der Waals surface area contributed by atoms with Crippen LogP contribution < -0.4 is 5.32 Å². The van der Waals surface area contributed by atoms with Gasteiger partial charge in [-0.25, -0.2) is 0 Å². The molecule has 1 heterocycles. The first-order valence-corrected chi connectivity index (χ1v) is 8.08. The third-order valence-electron chi connectivity index (χ3n) is 3.70. The summed E-state index contributed by atoms with van der Waals surface area (Å²) in [6.07, 6.45) is 2.37. The van der Waals surface area contributed by atoms with Gasteiger partial charge in [0, 0.05) is 24.0 Å². The van der Waals surface area contributed by atoms with Gasteiger partial charge in [0.05, 0.1) is 0 Å². The van der Waals surface area contributed by atoms with Gasteiger partial charge in [-0.1, -0.05) is 19.1 Å². The maximum absolute atomic E-state index is 12.2. The molecule has 6 heteroatoms. The van der Waals surface area contributed by atoms with Crippen molar-refractivity contribution in [3.05, 3.63) is 29.8 Å². The molecule has 118 valence electrons. The van der Waals surface area contributed by atoms with Gasteiger partial charge >= 0.3 is 5.51 Å². The highest BCUT2D eigenvalue weighted by molar-refractivity contribution is 8.00. The van der Waals surface area contributed by atoms with Crippen LogP contribution >= 0.6 is 11.8 Å². The van der Waals surface area contributed by atoms with Crippen molar-refractivity contribution in [3.8, 4) is 0 Å². The molecule has 1 saturated heterocycles. The summed E-state index contributed by atoms with van der Waals surface area (Å²) < 4.78 is 36.7. The molecule has 0 radical (unpaired) electrons. The fraction of sp³-hybridized carbons (Fsp3) is 0.600. The molecule has 2 nitrogen and oxygen atoms in total. The lowest BCUT2D eigenvalue weighted by Crippen LogP contribution is -2.45. The molecule has 0 saturated carbocycles. The van der Waals surface area contributed by atoms with Crippen LogP contribution in [-0.2, 0) is 6.54 Å². The minimum Gasteiger partial charge on any atom is -0.309 e. The number of halogens is 3. The molecule has 1 N–H and O–H groups in total. The van der Waals surface area contributed by atoms with E-state index in [0.29, 0.717) is 12.6 Å². The molecular formula is C15H21F3N2S. The molecule has 1 aliphatic rings. The summed E-state index contributed by atoms with van der Waals surface area (Å²) in [5, 5.41) is 3.50. The average molecular weight is 318 g/mol. The zero-order valence-electron chi connectivity index (χ0n) is 12.1. The fourth-order valence-corrected chi connectivity index (χ4v) is 3.12. The number of rotatable bonds is 5. The molecule has 2 rings (SSSR count). The molecule has 1 aromatic rings. The van der Waals surface area contributed by atoms with E-state index in [1.165, 1.54) is 25.0 Å². The van der Waals surface area contributed by atoms with Crippen molar-refractivity contribution in [1.82, 2.24) is 10.2 Å². The molecule has 0 aromatic heterocycles. The van der Waals surface area contributed by atoms with Crippen molar-refractivity contribution < 1.29 is 13.2 Å². The van der Waals surface area contributed by atoms with Gasteiger partial charge in [-0.3, -0.25) is 0 Å². The summed E-state index contributed by atoms with van der Waals surface area (Å²) in [6.45, 7) is 6.16. The Balaban J connectivity index is 1.81. The van der Waals surface area contributed by atoms with Crippen molar-refractivity contribution in [2.45, 2.75) is 42.8 Å². The maximum atomic E-state index is 12.2.